The van der Waals surface area contributed by atoms with Crippen molar-refractivity contribution in [3.63, 3.8) is 0 Å². The van der Waals surface area contributed by atoms with Crippen molar-refractivity contribution in [2.24, 2.45) is 0 Å². The van der Waals surface area contributed by atoms with Gasteiger partial charge in [-0.15, -0.1) is 0 Å². The van der Waals surface area contributed by atoms with Crippen LogP contribution >= 0.6 is 0 Å². The van der Waals surface area contributed by atoms with E-state index in [0.29, 0.717) is 12.3 Å². The van der Waals surface area contributed by atoms with Crippen molar-refractivity contribution >= 4 is 5.97 Å². The van der Waals surface area contributed by atoms with Gasteiger partial charge in [0.15, 0.2) is 0 Å². The first-order valence-electron chi connectivity index (χ1n) is 5.70. The van der Waals surface area contributed by atoms with E-state index in [1.807, 2.05) is 30.7 Å². The van der Waals surface area contributed by atoms with Gasteiger partial charge in [0.05, 0.1) is 6.54 Å². The van der Waals surface area contributed by atoms with E-state index in [0.717, 1.165) is 17.0 Å². The van der Waals surface area contributed by atoms with Gasteiger partial charge in [0.1, 0.15) is 5.76 Å². The minimum absolute atomic E-state index is 0.0229. The zero-order chi connectivity index (χ0) is 13.3. The summed E-state index contributed by atoms with van der Waals surface area (Å²) in [5.41, 5.74) is 6.29. The molecule has 0 spiro atoms. The third kappa shape index (κ3) is 2.25. The number of carboxylic acids is 1. The topological polar surface area (TPSA) is 67.4 Å². The average molecular weight is 248 g/mol. The van der Waals surface area contributed by atoms with E-state index in [9.17, 15) is 4.79 Å². The minimum atomic E-state index is -1.04. The van der Waals surface area contributed by atoms with Crippen molar-refractivity contribution in [2.45, 2.75) is 27.3 Å². The Kier molecular flexibility index (Phi) is 3.14. The van der Waals surface area contributed by atoms with E-state index in [4.69, 9.17) is 9.52 Å². The highest BCUT2D eigenvalue weighted by molar-refractivity contribution is 5.84. The maximum Gasteiger partial charge on any atom is 0.371 e. The van der Waals surface area contributed by atoms with E-state index in [2.05, 4.69) is 5.43 Å². The lowest BCUT2D eigenvalue weighted by Gasteiger charge is -2.11. The smallest absolute Gasteiger partial charge is 0.371 e. The highest BCUT2D eigenvalue weighted by Gasteiger charge is 2.13. The van der Waals surface area contributed by atoms with Crippen molar-refractivity contribution in [1.82, 2.24) is 4.68 Å². The van der Waals surface area contributed by atoms with Gasteiger partial charge in [0.25, 0.3) is 0 Å². The first-order chi connectivity index (χ1) is 8.49. The fourth-order valence-electron chi connectivity index (χ4n) is 1.88. The largest absolute Gasteiger partial charge is 0.475 e. The standard InChI is InChI=1S/C13H16N2O3/c1-8-4-5-9(2)15(8)14-7-11-6-12(13(16)17)18-10(11)3/h4-6,14H,7H2,1-3H3,(H,16,17). The monoisotopic (exact) mass is 248 g/mol. The summed E-state index contributed by atoms with van der Waals surface area (Å²) in [4.78, 5) is 10.8. The first kappa shape index (κ1) is 12.3. The van der Waals surface area contributed by atoms with Crippen LogP contribution in [0.4, 0.5) is 0 Å². The van der Waals surface area contributed by atoms with E-state index >= 15 is 0 Å². The van der Waals surface area contributed by atoms with Crippen LogP contribution in [-0.2, 0) is 6.54 Å². The number of carboxylic acid groups (broad SMARTS) is 1. The SMILES string of the molecule is Cc1oc(C(=O)O)cc1CNn1c(C)ccc1C. The average Bonchev–Trinajstić information content (AvgIpc) is 2.82. The molecule has 0 aliphatic rings. The Morgan fingerprint density at radius 3 is 2.44 bits per heavy atom. The Labute approximate surface area is 105 Å². The lowest BCUT2D eigenvalue weighted by atomic mass is 10.2. The minimum Gasteiger partial charge on any atom is -0.475 e. The molecule has 0 atom stereocenters. The Bertz CT molecular complexity index is 562. The second-order valence-electron chi connectivity index (χ2n) is 4.28. The van der Waals surface area contributed by atoms with Crippen LogP contribution in [0.1, 0.15) is 33.3 Å². The van der Waals surface area contributed by atoms with Gasteiger partial charge in [0, 0.05) is 17.0 Å². The van der Waals surface area contributed by atoms with E-state index < -0.39 is 5.97 Å². The molecule has 0 saturated carbocycles. The molecule has 18 heavy (non-hydrogen) atoms. The highest BCUT2D eigenvalue weighted by atomic mass is 16.4. The van der Waals surface area contributed by atoms with Crippen LogP contribution in [0.25, 0.3) is 0 Å². The molecule has 0 radical (unpaired) electrons. The number of nitrogens with one attached hydrogen (secondary N) is 1. The third-order valence-electron chi connectivity index (χ3n) is 2.93. The van der Waals surface area contributed by atoms with Crippen molar-refractivity contribution in [2.75, 3.05) is 5.43 Å². The molecule has 0 saturated heterocycles. The Balaban J connectivity index is 2.13. The van der Waals surface area contributed by atoms with E-state index in [1.165, 1.54) is 0 Å². The number of rotatable bonds is 4. The zero-order valence-corrected chi connectivity index (χ0v) is 10.7. The van der Waals surface area contributed by atoms with Crippen LogP contribution in [0.2, 0.25) is 0 Å². The molecule has 0 unspecified atom stereocenters. The molecule has 2 N–H and O–H groups in total. The molecule has 0 bridgehead atoms. The van der Waals surface area contributed by atoms with Gasteiger partial charge in [-0.2, -0.15) is 0 Å². The molecule has 0 aromatic carbocycles. The molecule has 0 amide bonds. The molecule has 5 heteroatoms. The summed E-state index contributed by atoms with van der Waals surface area (Å²) in [7, 11) is 0. The molecule has 2 rings (SSSR count). The second-order valence-corrected chi connectivity index (χ2v) is 4.28. The third-order valence-corrected chi connectivity index (χ3v) is 2.93. The summed E-state index contributed by atoms with van der Waals surface area (Å²) in [5.74, 6) is -0.440. The van der Waals surface area contributed by atoms with Crippen molar-refractivity contribution in [3.05, 3.63) is 46.7 Å². The summed E-state index contributed by atoms with van der Waals surface area (Å²) in [6.45, 7) is 6.30. The highest BCUT2D eigenvalue weighted by Crippen LogP contribution is 2.15. The summed E-state index contributed by atoms with van der Waals surface area (Å²) < 4.78 is 7.12. The van der Waals surface area contributed by atoms with Crippen LogP contribution in [0.3, 0.4) is 0 Å². The Morgan fingerprint density at radius 1 is 1.33 bits per heavy atom. The molecule has 0 aliphatic heterocycles. The molecule has 0 aliphatic carbocycles. The normalized spacial score (nSPS) is 10.6. The van der Waals surface area contributed by atoms with Gasteiger partial charge in [-0.25, -0.2) is 4.79 Å². The molecular weight excluding hydrogens is 232 g/mol. The number of aromatic carboxylic acids is 1. The van der Waals surface area contributed by atoms with Gasteiger partial charge in [-0.05, 0) is 39.0 Å². The van der Waals surface area contributed by atoms with E-state index in [1.54, 1.807) is 13.0 Å². The fraction of sp³-hybridized carbons (Fsp3) is 0.308. The summed E-state index contributed by atoms with van der Waals surface area (Å²) in [6.07, 6.45) is 0. The number of hydrogen-bond acceptors (Lipinski definition) is 3. The molecule has 2 aromatic heterocycles. The number of aryl methyl sites for hydroxylation is 3. The predicted molar refractivity (Wildman–Crippen MR) is 67.4 cm³/mol. The number of hydrogen-bond donors (Lipinski definition) is 2. The molecule has 5 nitrogen and oxygen atoms in total. The number of furan rings is 1. The van der Waals surface area contributed by atoms with Gasteiger partial charge in [-0.3, -0.25) is 4.68 Å². The molecule has 96 valence electrons. The lowest BCUT2D eigenvalue weighted by Crippen LogP contribution is -2.16. The quantitative estimate of drug-likeness (QED) is 0.872. The summed E-state index contributed by atoms with van der Waals surface area (Å²) >= 11 is 0. The first-order valence-corrected chi connectivity index (χ1v) is 5.70. The summed E-state index contributed by atoms with van der Waals surface area (Å²) in [5, 5.41) is 8.84. The number of nitrogens with zero attached hydrogens (tertiary/aromatic N) is 1. The molecule has 0 fully saturated rings. The maximum atomic E-state index is 10.8. The van der Waals surface area contributed by atoms with Crippen LogP contribution in [0.15, 0.2) is 22.6 Å². The van der Waals surface area contributed by atoms with Gasteiger partial charge < -0.3 is 14.9 Å². The molecule has 2 heterocycles. The van der Waals surface area contributed by atoms with Gasteiger partial charge >= 0.3 is 5.97 Å². The van der Waals surface area contributed by atoms with Crippen LogP contribution in [0.5, 0.6) is 0 Å². The number of aromatic nitrogens is 1. The Hall–Kier alpha value is -2.17. The van der Waals surface area contributed by atoms with Crippen LogP contribution in [-0.4, -0.2) is 15.8 Å². The van der Waals surface area contributed by atoms with Crippen molar-refractivity contribution in [3.8, 4) is 0 Å². The molecular formula is C13H16N2O3. The predicted octanol–water partition coefficient (Wildman–Crippen LogP) is 2.45. The zero-order valence-electron chi connectivity index (χ0n) is 10.7. The Morgan fingerprint density at radius 2 is 1.94 bits per heavy atom. The number of carbonyl (C=O) groups is 1. The van der Waals surface area contributed by atoms with E-state index in [-0.39, 0.29) is 5.76 Å². The lowest BCUT2D eigenvalue weighted by molar-refractivity contribution is 0.0661. The molecule has 2 aromatic rings. The van der Waals surface area contributed by atoms with Crippen LogP contribution in [0, 0.1) is 20.8 Å². The fourth-order valence-corrected chi connectivity index (χ4v) is 1.88. The maximum absolute atomic E-state index is 10.8. The van der Waals surface area contributed by atoms with Crippen molar-refractivity contribution < 1.29 is 14.3 Å². The van der Waals surface area contributed by atoms with Crippen molar-refractivity contribution in [1.29, 1.82) is 0 Å². The van der Waals surface area contributed by atoms with Gasteiger partial charge in [0.2, 0.25) is 5.76 Å². The van der Waals surface area contributed by atoms with Crippen LogP contribution < -0.4 is 5.43 Å². The second kappa shape index (κ2) is 4.60. The van der Waals surface area contributed by atoms with Gasteiger partial charge in [-0.1, -0.05) is 0 Å². The summed E-state index contributed by atoms with van der Waals surface area (Å²) in [6, 6.07) is 5.60.